The molecule has 1 N–H and O–H groups in total. The van der Waals surface area contributed by atoms with Crippen LogP contribution in [0.5, 0.6) is 0 Å². The monoisotopic (exact) mass is 444 g/mol. The van der Waals surface area contributed by atoms with Gasteiger partial charge in [-0.05, 0) is 67.7 Å². The molecule has 3 heterocycles. The van der Waals surface area contributed by atoms with E-state index >= 15 is 0 Å². The summed E-state index contributed by atoms with van der Waals surface area (Å²) in [6.45, 7) is 3.25. The highest BCUT2D eigenvalue weighted by atomic mass is 16.5. The molecule has 1 fully saturated rings. The Kier molecular flexibility index (Phi) is 6.30. The van der Waals surface area contributed by atoms with Crippen LogP contribution in [0.2, 0.25) is 0 Å². The molecule has 2 aliphatic heterocycles. The van der Waals surface area contributed by atoms with E-state index in [1.54, 1.807) is 12.1 Å². The summed E-state index contributed by atoms with van der Waals surface area (Å²) in [5, 5.41) is 6.98. The van der Waals surface area contributed by atoms with Gasteiger partial charge in [-0.25, -0.2) is 0 Å². The van der Waals surface area contributed by atoms with Gasteiger partial charge in [0.25, 0.3) is 0 Å². The minimum Gasteiger partial charge on any atom is -0.339 e. The number of hydrogen-bond donors (Lipinski definition) is 1. The largest absolute Gasteiger partial charge is 0.339 e. The van der Waals surface area contributed by atoms with Gasteiger partial charge in [0, 0.05) is 42.6 Å². The van der Waals surface area contributed by atoms with Gasteiger partial charge in [0.15, 0.2) is 5.78 Å². The summed E-state index contributed by atoms with van der Waals surface area (Å²) in [6.07, 6.45) is 5.67. The zero-order valence-electron chi connectivity index (χ0n) is 18.7. The molecule has 170 valence electrons. The number of aromatic nitrogens is 2. The number of fused-ring (bicyclic) bond motifs is 1. The first-order valence-corrected chi connectivity index (χ1v) is 11.7. The maximum atomic E-state index is 12.7. The molecule has 7 heteroatoms. The second-order valence-electron chi connectivity index (χ2n) is 8.89. The van der Waals surface area contributed by atoms with E-state index in [2.05, 4.69) is 32.5 Å². The van der Waals surface area contributed by atoms with E-state index in [4.69, 9.17) is 4.52 Å². The smallest absolute Gasteiger partial charge is 0.227 e. The summed E-state index contributed by atoms with van der Waals surface area (Å²) >= 11 is 0. The number of piperidine rings is 1. The van der Waals surface area contributed by atoms with Crippen molar-refractivity contribution >= 4 is 17.4 Å². The number of nitrogens with zero attached hydrogens (tertiary/aromatic N) is 3. The SMILES string of the molecule is O=C1CCc2cc(C(=O)CCc3nc(-c4cccc(CN5CCCCC5)c4)no3)ccc2N1. The Morgan fingerprint density at radius 1 is 1.06 bits per heavy atom. The zero-order valence-corrected chi connectivity index (χ0v) is 18.7. The van der Waals surface area contributed by atoms with Crippen molar-refractivity contribution in [2.45, 2.75) is 51.5 Å². The molecule has 0 unspecified atom stereocenters. The Labute approximate surface area is 193 Å². The molecule has 0 aliphatic carbocycles. The fourth-order valence-electron chi connectivity index (χ4n) is 4.58. The number of amides is 1. The molecule has 0 radical (unpaired) electrons. The lowest BCUT2D eigenvalue weighted by atomic mass is 9.97. The molecule has 0 saturated carbocycles. The van der Waals surface area contributed by atoms with Crippen LogP contribution < -0.4 is 5.32 Å². The number of carbonyl (C=O) groups is 2. The Morgan fingerprint density at radius 3 is 2.82 bits per heavy atom. The lowest BCUT2D eigenvalue weighted by molar-refractivity contribution is -0.116. The lowest BCUT2D eigenvalue weighted by Crippen LogP contribution is -2.29. The van der Waals surface area contributed by atoms with Gasteiger partial charge in [-0.2, -0.15) is 4.98 Å². The van der Waals surface area contributed by atoms with Crippen molar-refractivity contribution < 1.29 is 14.1 Å². The molecule has 2 aliphatic rings. The normalized spacial score (nSPS) is 16.3. The van der Waals surface area contributed by atoms with Crippen LogP contribution in [0.25, 0.3) is 11.4 Å². The van der Waals surface area contributed by atoms with Crippen LogP contribution in [0.3, 0.4) is 0 Å². The van der Waals surface area contributed by atoms with Gasteiger partial charge >= 0.3 is 0 Å². The molecule has 2 aromatic carbocycles. The van der Waals surface area contributed by atoms with E-state index in [0.717, 1.165) is 36.4 Å². The van der Waals surface area contributed by atoms with Crippen molar-refractivity contribution in [1.29, 1.82) is 0 Å². The van der Waals surface area contributed by atoms with Crippen molar-refractivity contribution in [1.82, 2.24) is 15.0 Å². The van der Waals surface area contributed by atoms with Gasteiger partial charge in [-0.15, -0.1) is 0 Å². The molecule has 33 heavy (non-hydrogen) atoms. The number of ketones is 1. The minimum absolute atomic E-state index is 0.0193. The molecule has 1 aromatic heterocycles. The summed E-state index contributed by atoms with van der Waals surface area (Å²) in [4.78, 5) is 31.2. The third-order valence-electron chi connectivity index (χ3n) is 6.40. The molecule has 1 saturated heterocycles. The van der Waals surface area contributed by atoms with Crippen LogP contribution >= 0.6 is 0 Å². The van der Waals surface area contributed by atoms with Crippen LogP contribution in [0.1, 0.15) is 59.5 Å². The summed E-state index contributed by atoms with van der Waals surface area (Å²) in [5.74, 6) is 1.07. The van der Waals surface area contributed by atoms with E-state index in [1.165, 1.54) is 24.8 Å². The van der Waals surface area contributed by atoms with Gasteiger partial charge in [0.2, 0.25) is 17.6 Å². The molecule has 7 nitrogen and oxygen atoms in total. The summed E-state index contributed by atoms with van der Waals surface area (Å²) in [5.41, 5.74) is 4.63. The van der Waals surface area contributed by atoms with Crippen molar-refractivity contribution in [2.24, 2.45) is 0 Å². The summed E-state index contributed by atoms with van der Waals surface area (Å²) in [7, 11) is 0. The maximum absolute atomic E-state index is 12.7. The summed E-state index contributed by atoms with van der Waals surface area (Å²) in [6, 6.07) is 13.7. The second-order valence-corrected chi connectivity index (χ2v) is 8.89. The molecule has 5 rings (SSSR count). The van der Waals surface area contributed by atoms with Crippen molar-refractivity contribution in [2.75, 3.05) is 18.4 Å². The van der Waals surface area contributed by atoms with Crippen LogP contribution in [-0.2, 0) is 24.2 Å². The number of carbonyl (C=O) groups excluding carboxylic acids is 2. The Hall–Kier alpha value is -3.32. The topological polar surface area (TPSA) is 88.3 Å². The number of rotatable bonds is 7. The molecular weight excluding hydrogens is 416 g/mol. The van der Waals surface area contributed by atoms with Gasteiger partial charge < -0.3 is 9.84 Å². The van der Waals surface area contributed by atoms with Gasteiger partial charge in [-0.1, -0.05) is 29.8 Å². The zero-order chi connectivity index (χ0) is 22.6. The van der Waals surface area contributed by atoms with Crippen LogP contribution in [-0.4, -0.2) is 39.8 Å². The Morgan fingerprint density at radius 2 is 1.94 bits per heavy atom. The first-order chi connectivity index (χ1) is 16.1. The molecule has 1 amide bonds. The number of hydrogen-bond acceptors (Lipinski definition) is 6. The van der Waals surface area contributed by atoms with Gasteiger partial charge in [0.05, 0.1) is 0 Å². The first-order valence-electron chi connectivity index (χ1n) is 11.7. The third-order valence-corrected chi connectivity index (χ3v) is 6.40. The first kappa shape index (κ1) is 21.5. The fraction of sp³-hybridized carbons (Fsp3) is 0.385. The lowest BCUT2D eigenvalue weighted by Gasteiger charge is -2.26. The van der Waals surface area contributed by atoms with Crippen molar-refractivity contribution in [3.63, 3.8) is 0 Å². The van der Waals surface area contributed by atoms with Crippen molar-refractivity contribution in [3.8, 4) is 11.4 Å². The van der Waals surface area contributed by atoms with E-state index in [0.29, 0.717) is 43.0 Å². The van der Waals surface area contributed by atoms with Crippen LogP contribution in [0.15, 0.2) is 47.0 Å². The Balaban J connectivity index is 1.20. The molecule has 0 bridgehead atoms. The second kappa shape index (κ2) is 9.67. The number of Topliss-reactive ketones (excluding diaryl/α,β-unsaturated/α-hetero) is 1. The van der Waals surface area contributed by atoms with Gasteiger partial charge in [0.1, 0.15) is 0 Å². The number of aryl methyl sites for hydroxylation is 2. The standard InChI is InChI=1S/C26H28N4O3/c31-23(20-7-9-22-19(16-20)8-11-24(32)27-22)10-12-25-28-26(29-33-25)21-6-4-5-18(15-21)17-30-13-2-1-3-14-30/h4-7,9,15-16H,1-3,8,10-14,17H2,(H,27,32). The highest BCUT2D eigenvalue weighted by molar-refractivity contribution is 5.99. The predicted octanol–water partition coefficient (Wildman–Crippen LogP) is 4.42. The maximum Gasteiger partial charge on any atom is 0.227 e. The van der Waals surface area contributed by atoms with Crippen molar-refractivity contribution in [3.05, 3.63) is 65.0 Å². The van der Waals surface area contributed by atoms with Crippen LogP contribution in [0, 0.1) is 0 Å². The van der Waals surface area contributed by atoms with E-state index in [9.17, 15) is 9.59 Å². The average molecular weight is 445 g/mol. The summed E-state index contributed by atoms with van der Waals surface area (Å²) < 4.78 is 5.43. The molecule has 0 atom stereocenters. The third kappa shape index (κ3) is 5.20. The van der Waals surface area contributed by atoms with E-state index in [1.807, 2.05) is 18.2 Å². The minimum atomic E-state index is 0.0193. The Bertz CT molecular complexity index is 1160. The number of nitrogens with one attached hydrogen (secondary N) is 1. The van der Waals surface area contributed by atoms with E-state index < -0.39 is 0 Å². The van der Waals surface area contributed by atoms with E-state index in [-0.39, 0.29) is 11.7 Å². The quantitative estimate of drug-likeness (QED) is 0.543. The predicted molar refractivity (Wildman–Crippen MR) is 125 cm³/mol. The van der Waals surface area contributed by atoms with Gasteiger partial charge in [-0.3, -0.25) is 14.5 Å². The number of benzene rings is 2. The molecular formula is C26H28N4O3. The molecule has 3 aromatic rings. The van der Waals surface area contributed by atoms with Crippen LogP contribution in [0.4, 0.5) is 5.69 Å². The highest BCUT2D eigenvalue weighted by Gasteiger charge is 2.18. The highest BCUT2D eigenvalue weighted by Crippen LogP contribution is 2.25. The average Bonchev–Trinajstić information content (AvgIpc) is 3.32. The number of anilines is 1. The number of likely N-dealkylation sites (tertiary alicyclic amines) is 1. The fourth-order valence-corrected chi connectivity index (χ4v) is 4.58. The molecule has 0 spiro atoms.